The highest BCUT2D eigenvalue weighted by atomic mass is 35.5. The van der Waals surface area contributed by atoms with Crippen LogP contribution in [0.25, 0.3) is 11.0 Å². The summed E-state index contributed by atoms with van der Waals surface area (Å²) in [7, 11) is 0. The molecular formula is C13H16ClN2-. The van der Waals surface area contributed by atoms with Gasteiger partial charge in [0.2, 0.25) is 0 Å². The SMILES string of the molecule is C=CCn1c(C(C)C)nc2ccccc21.[Cl-]. The van der Waals surface area contributed by atoms with Crippen LogP contribution in [0.1, 0.15) is 25.6 Å². The van der Waals surface area contributed by atoms with Gasteiger partial charge in [-0.05, 0) is 12.1 Å². The van der Waals surface area contributed by atoms with Crippen LogP contribution < -0.4 is 12.4 Å². The minimum absolute atomic E-state index is 0. The first-order valence-corrected chi connectivity index (χ1v) is 5.30. The third kappa shape index (κ3) is 2.12. The van der Waals surface area contributed by atoms with Crippen molar-refractivity contribution in [2.75, 3.05) is 0 Å². The number of imidazole rings is 1. The molecule has 0 radical (unpaired) electrons. The fourth-order valence-corrected chi connectivity index (χ4v) is 1.86. The third-order valence-electron chi connectivity index (χ3n) is 2.51. The second kappa shape index (κ2) is 5.17. The second-order valence-electron chi connectivity index (χ2n) is 4.01. The predicted molar refractivity (Wildman–Crippen MR) is 64.0 cm³/mol. The van der Waals surface area contributed by atoms with Crippen LogP contribution in [0, 0.1) is 0 Å². The number of fused-ring (bicyclic) bond motifs is 1. The van der Waals surface area contributed by atoms with Gasteiger partial charge < -0.3 is 17.0 Å². The fourth-order valence-electron chi connectivity index (χ4n) is 1.86. The minimum atomic E-state index is 0. The van der Waals surface area contributed by atoms with E-state index in [1.165, 1.54) is 5.52 Å². The first-order valence-electron chi connectivity index (χ1n) is 5.30. The van der Waals surface area contributed by atoms with Gasteiger partial charge in [0, 0.05) is 12.5 Å². The van der Waals surface area contributed by atoms with Crippen molar-refractivity contribution in [1.29, 1.82) is 0 Å². The highest BCUT2D eigenvalue weighted by molar-refractivity contribution is 5.76. The van der Waals surface area contributed by atoms with Crippen molar-refractivity contribution in [2.45, 2.75) is 26.3 Å². The van der Waals surface area contributed by atoms with Gasteiger partial charge in [-0.2, -0.15) is 0 Å². The molecule has 2 aromatic rings. The largest absolute Gasteiger partial charge is 1.00 e. The number of halogens is 1. The molecule has 2 rings (SSSR count). The summed E-state index contributed by atoms with van der Waals surface area (Å²) in [5.41, 5.74) is 2.27. The summed E-state index contributed by atoms with van der Waals surface area (Å²) in [6, 6.07) is 8.24. The number of benzene rings is 1. The molecule has 1 heterocycles. The van der Waals surface area contributed by atoms with Crippen LogP contribution in [0.15, 0.2) is 36.9 Å². The predicted octanol–water partition coefficient (Wildman–Crippen LogP) is 0.350. The molecular weight excluding hydrogens is 220 g/mol. The van der Waals surface area contributed by atoms with Crippen molar-refractivity contribution in [3.05, 3.63) is 42.7 Å². The Labute approximate surface area is 102 Å². The average Bonchev–Trinajstić information content (AvgIpc) is 2.58. The standard InChI is InChI=1S/C13H16N2.ClH/c1-4-9-15-12-8-6-5-7-11(12)14-13(15)10(2)3;/h4-8,10H,1,9H2,2-3H3;1H/p-1. The van der Waals surface area contributed by atoms with Crippen LogP contribution in [-0.2, 0) is 6.54 Å². The number of aromatic nitrogens is 2. The zero-order valence-electron chi connectivity index (χ0n) is 9.65. The normalized spacial score (nSPS) is 10.4. The highest BCUT2D eigenvalue weighted by Crippen LogP contribution is 2.21. The Kier molecular flexibility index (Phi) is 4.13. The van der Waals surface area contributed by atoms with Gasteiger partial charge in [-0.15, -0.1) is 6.58 Å². The molecule has 86 valence electrons. The van der Waals surface area contributed by atoms with Crippen LogP contribution in [-0.4, -0.2) is 9.55 Å². The Bertz CT molecular complexity index is 486. The molecule has 16 heavy (non-hydrogen) atoms. The Hall–Kier alpha value is -1.28. The number of rotatable bonds is 3. The molecule has 1 aromatic heterocycles. The number of allylic oxidation sites excluding steroid dienone is 1. The van der Waals surface area contributed by atoms with Gasteiger partial charge in [-0.3, -0.25) is 0 Å². The number of hydrogen-bond donors (Lipinski definition) is 0. The monoisotopic (exact) mass is 235 g/mol. The van der Waals surface area contributed by atoms with E-state index >= 15 is 0 Å². The molecule has 0 aliphatic rings. The molecule has 0 saturated carbocycles. The summed E-state index contributed by atoms with van der Waals surface area (Å²) >= 11 is 0. The maximum Gasteiger partial charge on any atom is 0.112 e. The summed E-state index contributed by atoms with van der Waals surface area (Å²) in [6.45, 7) is 8.96. The first-order chi connectivity index (χ1) is 7.24. The number of hydrogen-bond acceptors (Lipinski definition) is 1. The van der Waals surface area contributed by atoms with Gasteiger partial charge in [0.1, 0.15) is 5.82 Å². The first kappa shape index (κ1) is 12.8. The zero-order chi connectivity index (χ0) is 10.8. The molecule has 0 amide bonds. The Balaban J connectivity index is 0.00000128. The molecule has 0 unspecified atom stereocenters. The minimum Gasteiger partial charge on any atom is -1.00 e. The summed E-state index contributed by atoms with van der Waals surface area (Å²) in [5.74, 6) is 1.58. The van der Waals surface area contributed by atoms with Crippen LogP contribution in [0.4, 0.5) is 0 Å². The molecule has 0 spiro atoms. The fraction of sp³-hybridized carbons (Fsp3) is 0.308. The van der Waals surface area contributed by atoms with Crippen molar-refractivity contribution < 1.29 is 12.4 Å². The van der Waals surface area contributed by atoms with E-state index < -0.39 is 0 Å². The van der Waals surface area contributed by atoms with Gasteiger partial charge in [0.15, 0.2) is 0 Å². The van der Waals surface area contributed by atoms with Crippen LogP contribution >= 0.6 is 0 Å². The van der Waals surface area contributed by atoms with E-state index in [2.05, 4.69) is 42.1 Å². The van der Waals surface area contributed by atoms with E-state index in [0.29, 0.717) is 5.92 Å². The summed E-state index contributed by atoms with van der Waals surface area (Å²) in [5, 5.41) is 0. The van der Waals surface area contributed by atoms with Gasteiger partial charge in [-0.1, -0.05) is 32.1 Å². The van der Waals surface area contributed by atoms with Gasteiger partial charge in [0.05, 0.1) is 11.0 Å². The molecule has 0 fully saturated rings. The number of para-hydroxylation sites is 2. The molecule has 0 aliphatic heterocycles. The Morgan fingerprint density at radius 2 is 2.06 bits per heavy atom. The summed E-state index contributed by atoms with van der Waals surface area (Å²) < 4.78 is 2.23. The summed E-state index contributed by atoms with van der Waals surface area (Å²) in [4.78, 5) is 4.65. The second-order valence-corrected chi connectivity index (χ2v) is 4.01. The van der Waals surface area contributed by atoms with E-state index in [9.17, 15) is 0 Å². The molecule has 0 bridgehead atoms. The van der Waals surface area contributed by atoms with E-state index in [4.69, 9.17) is 0 Å². The molecule has 0 N–H and O–H groups in total. The van der Waals surface area contributed by atoms with Gasteiger partial charge in [0.25, 0.3) is 0 Å². The molecule has 2 nitrogen and oxygen atoms in total. The van der Waals surface area contributed by atoms with Crippen LogP contribution in [0.3, 0.4) is 0 Å². The maximum absolute atomic E-state index is 4.65. The van der Waals surface area contributed by atoms with Gasteiger partial charge in [-0.25, -0.2) is 4.98 Å². The Morgan fingerprint density at radius 3 is 2.69 bits per heavy atom. The number of nitrogens with zero attached hydrogens (tertiary/aromatic N) is 2. The van der Waals surface area contributed by atoms with Crippen molar-refractivity contribution in [3.63, 3.8) is 0 Å². The lowest BCUT2D eigenvalue weighted by Gasteiger charge is -2.08. The van der Waals surface area contributed by atoms with E-state index in [1.54, 1.807) is 0 Å². The zero-order valence-corrected chi connectivity index (χ0v) is 10.4. The smallest absolute Gasteiger partial charge is 0.112 e. The molecule has 0 atom stereocenters. The topological polar surface area (TPSA) is 17.8 Å². The van der Waals surface area contributed by atoms with Crippen molar-refractivity contribution in [3.8, 4) is 0 Å². The molecule has 0 aliphatic carbocycles. The molecule has 1 aromatic carbocycles. The average molecular weight is 236 g/mol. The van der Waals surface area contributed by atoms with Crippen molar-refractivity contribution in [1.82, 2.24) is 9.55 Å². The third-order valence-corrected chi connectivity index (χ3v) is 2.51. The lowest BCUT2D eigenvalue weighted by molar-refractivity contribution is -0.00000326. The van der Waals surface area contributed by atoms with Crippen molar-refractivity contribution in [2.24, 2.45) is 0 Å². The molecule has 0 saturated heterocycles. The van der Waals surface area contributed by atoms with Crippen LogP contribution in [0.2, 0.25) is 0 Å². The lowest BCUT2D eigenvalue weighted by atomic mass is 10.2. The van der Waals surface area contributed by atoms with Crippen molar-refractivity contribution >= 4 is 11.0 Å². The van der Waals surface area contributed by atoms with Crippen LogP contribution in [0.5, 0.6) is 0 Å². The maximum atomic E-state index is 4.65. The Morgan fingerprint density at radius 1 is 1.38 bits per heavy atom. The quantitative estimate of drug-likeness (QED) is 0.703. The summed E-state index contributed by atoms with van der Waals surface area (Å²) in [6.07, 6.45) is 1.92. The lowest BCUT2D eigenvalue weighted by Crippen LogP contribution is -3.00. The van der Waals surface area contributed by atoms with E-state index in [-0.39, 0.29) is 12.4 Å². The van der Waals surface area contributed by atoms with E-state index in [0.717, 1.165) is 17.9 Å². The van der Waals surface area contributed by atoms with Gasteiger partial charge >= 0.3 is 0 Å². The highest BCUT2D eigenvalue weighted by Gasteiger charge is 2.11. The molecule has 3 heteroatoms. The van der Waals surface area contributed by atoms with E-state index in [1.807, 2.05) is 18.2 Å².